The zero-order chi connectivity index (χ0) is 14.1. The number of rotatable bonds is 3. The van der Waals surface area contributed by atoms with E-state index in [9.17, 15) is 4.79 Å². The van der Waals surface area contributed by atoms with E-state index < -0.39 is 5.91 Å². The molecule has 2 aromatic rings. The lowest BCUT2D eigenvalue weighted by molar-refractivity contribution is 0.100. The first kappa shape index (κ1) is 12.9. The van der Waals surface area contributed by atoms with Gasteiger partial charge in [-0.2, -0.15) is 0 Å². The Balaban J connectivity index is 2.15. The van der Waals surface area contributed by atoms with Gasteiger partial charge in [0.25, 0.3) is 0 Å². The van der Waals surface area contributed by atoms with Crippen LogP contribution in [0, 0.1) is 0 Å². The molecule has 1 unspecified atom stereocenters. The number of anilines is 1. The maximum Gasteiger partial charge on any atom is 0.249 e. The first-order chi connectivity index (χ1) is 9.70. The van der Waals surface area contributed by atoms with Gasteiger partial charge in [-0.15, -0.1) is 0 Å². The van der Waals surface area contributed by atoms with Gasteiger partial charge < -0.3 is 16.4 Å². The molecule has 1 fully saturated rings. The van der Waals surface area contributed by atoms with Crippen molar-refractivity contribution in [3.8, 4) is 0 Å². The molecule has 4 N–H and O–H groups in total. The molecule has 5 nitrogen and oxygen atoms in total. The lowest BCUT2D eigenvalue weighted by Gasteiger charge is -2.25. The lowest BCUT2D eigenvalue weighted by Crippen LogP contribution is -2.36. The molecular formula is C15H18N4O. The molecule has 1 atom stereocenters. The van der Waals surface area contributed by atoms with Crippen LogP contribution in [0.25, 0.3) is 10.9 Å². The quantitative estimate of drug-likeness (QED) is 0.879. The van der Waals surface area contributed by atoms with E-state index in [2.05, 4.69) is 9.88 Å². The number of carbonyl (C=O) groups excluding carboxylic acids is 1. The summed E-state index contributed by atoms with van der Waals surface area (Å²) in [6, 6.07) is 9.65. The van der Waals surface area contributed by atoms with Crippen molar-refractivity contribution in [3.63, 3.8) is 0 Å². The van der Waals surface area contributed by atoms with Gasteiger partial charge in [-0.3, -0.25) is 4.79 Å². The summed E-state index contributed by atoms with van der Waals surface area (Å²) < 4.78 is 0. The number of amides is 1. The Hall–Kier alpha value is -2.14. The number of pyridine rings is 1. The van der Waals surface area contributed by atoms with E-state index in [1.807, 2.05) is 24.3 Å². The second kappa shape index (κ2) is 5.09. The Morgan fingerprint density at radius 2 is 2.20 bits per heavy atom. The van der Waals surface area contributed by atoms with Gasteiger partial charge in [0.15, 0.2) is 0 Å². The predicted molar refractivity (Wildman–Crippen MR) is 79.7 cm³/mol. The molecule has 1 aromatic carbocycles. The van der Waals surface area contributed by atoms with Gasteiger partial charge in [0.05, 0.1) is 11.1 Å². The first-order valence-electron chi connectivity index (χ1n) is 6.87. The minimum Gasteiger partial charge on any atom is -0.366 e. The van der Waals surface area contributed by atoms with Crippen LogP contribution in [0.4, 0.5) is 5.82 Å². The van der Waals surface area contributed by atoms with E-state index >= 15 is 0 Å². The largest absolute Gasteiger partial charge is 0.366 e. The highest BCUT2D eigenvalue weighted by atomic mass is 16.1. The second-order valence-electron chi connectivity index (χ2n) is 5.13. The van der Waals surface area contributed by atoms with Crippen molar-refractivity contribution < 1.29 is 4.79 Å². The summed E-state index contributed by atoms with van der Waals surface area (Å²) in [5, 5.41) is 0.798. The van der Waals surface area contributed by atoms with E-state index in [1.54, 1.807) is 6.07 Å². The van der Waals surface area contributed by atoms with Gasteiger partial charge in [0.2, 0.25) is 5.91 Å². The van der Waals surface area contributed by atoms with Gasteiger partial charge in [-0.1, -0.05) is 18.2 Å². The topological polar surface area (TPSA) is 85.2 Å². The maximum absolute atomic E-state index is 11.7. The number of aromatic nitrogens is 1. The Labute approximate surface area is 117 Å². The molecule has 5 heteroatoms. The van der Waals surface area contributed by atoms with Gasteiger partial charge in [-0.25, -0.2) is 4.98 Å². The molecule has 1 aromatic heterocycles. The summed E-state index contributed by atoms with van der Waals surface area (Å²) in [5.74, 6) is 0.374. The second-order valence-corrected chi connectivity index (χ2v) is 5.13. The highest BCUT2D eigenvalue weighted by Crippen LogP contribution is 2.27. The zero-order valence-electron chi connectivity index (χ0n) is 11.2. The van der Waals surface area contributed by atoms with Crippen LogP contribution in [0.2, 0.25) is 0 Å². The van der Waals surface area contributed by atoms with Crippen molar-refractivity contribution in [1.29, 1.82) is 0 Å². The van der Waals surface area contributed by atoms with Crippen LogP contribution < -0.4 is 16.4 Å². The number of hydrogen-bond donors (Lipinski definition) is 2. The van der Waals surface area contributed by atoms with Crippen molar-refractivity contribution >= 4 is 22.6 Å². The maximum atomic E-state index is 11.7. The summed E-state index contributed by atoms with van der Waals surface area (Å²) in [6.07, 6.45) is 2.17. The summed E-state index contributed by atoms with van der Waals surface area (Å²) in [7, 11) is 0. The number of carbonyl (C=O) groups is 1. The van der Waals surface area contributed by atoms with Crippen molar-refractivity contribution in [1.82, 2.24) is 4.98 Å². The van der Waals surface area contributed by atoms with Crippen molar-refractivity contribution in [2.24, 2.45) is 11.5 Å². The van der Waals surface area contributed by atoms with Crippen LogP contribution in [0.15, 0.2) is 30.3 Å². The van der Waals surface area contributed by atoms with Crippen LogP contribution in [-0.2, 0) is 0 Å². The summed E-state index contributed by atoms with van der Waals surface area (Å²) >= 11 is 0. The summed E-state index contributed by atoms with van der Waals surface area (Å²) in [5.41, 5.74) is 12.6. The van der Waals surface area contributed by atoms with Crippen LogP contribution >= 0.6 is 0 Å². The fraction of sp³-hybridized carbons (Fsp3) is 0.333. The molecule has 0 aliphatic carbocycles. The molecule has 2 heterocycles. The minimum atomic E-state index is -0.423. The molecule has 1 amide bonds. The molecule has 20 heavy (non-hydrogen) atoms. The molecule has 1 aliphatic heterocycles. The first-order valence-corrected chi connectivity index (χ1v) is 6.87. The Morgan fingerprint density at radius 1 is 1.40 bits per heavy atom. The fourth-order valence-electron chi connectivity index (χ4n) is 2.89. The SMILES string of the molecule is NCC1CCCN1c1cc(C(N)=O)c2ccccc2n1. The van der Waals surface area contributed by atoms with E-state index in [0.717, 1.165) is 36.1 Å². The number of para-hydroxylation sites is 1. The van der Waals surface area contributed by atoms with Crippen LogP contribution in [0.1, 0.15) is 23.2 Å². The average molecular weight is 270 g/mol. The van der Waals surface area contributed by atoms with Gasteiger partial charge in [-0.05, 0) is 25.0 Å². The molecule has 1 aliphatic rings. The van der Waals surface area contributed by atoms with E-state index in [0.29, 0.717) is 18.2 Å². The number of fused-ring (bicyclic) bond motifs is 1. The smallest absolute Gasteiger partial charge is 0.249 e. The molecule has 3 rings (SSSR count). The zero-order valence-corrected chi connectivity index (χ0v) is 11.2. The third-order valence-electron chi connectivity index (χ3n) is 3.91. The molecule has 104 valence electrons. The minimum absolute atomic E-state index is 0.296. The molecule has 0 radical (unpaired) electrons. The number of benzene rings is 1. The standard InChI is InChI=1S/C15H18N4O/c16-9-10-4-3-7-19(10)14-8-12(15(17)20)11-5-1-2-6-13(11)18-14/h1-2,5-6,8,10H,3-4,7,9,16H2,(H2,17,20). The van der Waals surface area contributed by atoms with Crippen molar-refractivity contribution in [2.75, 3.05) is 18.0 Å². The van der Waals surface area contributed by atoms with Crippen LogP contribution in [0.5, 0.6) is 0 Å². The van der Waals surface area contributed by atoms with E-state index in [4.69, 9.17) is 11.5 Å². The highest BCUT2D eigenvalue weighted by molar-refractivity contribution is 6.06. The monoisotopic (exact) mass is 270 g/mol. The van der Waals surface area contributed by atoms with Gasteiger partial charge in [0, 0.05) is 24.5 Å². The van der Waals surface area contributed by atoms with E-state index in [1.165, 1.54) is 0 Å². The van der Waals surface area contributed by atoms with Gasteiger partial charge in [0.1, 0.15) is 5.82 Å². The van der Waals surface area contributed by atoms with Crippen LogP contribution in [0.3, 0.4) is 0 Å². The average Bonchev–Trinajstić information content (AvgIpc) is 2.94. The lowest BCUT2D eigenvalue weighted by atomic mass is 10.1. The third-order valence-corrected chi connectivity index (χ3v) is 3.91. The normalized spacial score (nSPS) is 18.6. The number of nitrogens with two attached hydrogens (primary N) is 2. The molecule has 1 saturated heterocycles. The third kappa shape index (κ3) is 2.10. The number of hydrogen-bond acceptors (Lipinski definition) is 4. The fourth-order valence-corrected chi connectivity index (χ4v) is 2.89. The molecule has 0 saturated carbocycles. The van der Waals surface area contributed by atoms with Crippen molar-refractivity contribution in [2.45, 2.75) is 18.9 Å². The predicted octanol–water partition coefficient (Wildman–Crippen LogP) is 1.26. The molecular weight excluding hydrogens is 252 g/mol. The van der Waals surface area contributed by atoms with Crippen LogP contribution in [-0.4, -0.2) is 30.0 Å². The Bertz CT molecular complexity index is 655. The van der Waals surface area contributed by atoms with E-state index in [-0.39, 0.29) is 0 Å². The summed E-state index contributed by atoms with van der Waals surface area (Å²) in [6.45, 7) is 1.52. The summed E-state index contributed by atoms with van der Waals surface area (Å²) in [4.78, 5) is 18.5. The molecule has 0 bridgehead atoms. The van der Waals surface area contributed by atoms with Crippen molar-refractivity contribution in [3.05, 3.63) is 35.9 Å². The molecule has 0 spiro atoms. The Kier molecular flexibility index (Phi) is 3.28. The van der Waals surface area contributed by atoms with Gasteiger partial charge >= 0.3 is 0 Å². The number of primary amides is 1. The Morgan fingerprint density at radius 3 is 2.95 bits per heavy atom. The highest BCUT2D eigenvalue weighted by Gasteiger charge is 2.25. The number of nitrogens with zero attached hydrogens (tertiary/aromatic N) is 2.